The lowest BCUT2D eigenvalue weighted by Crippen LogP contribution is -2.33. The SMILES string of the molecule is CC1CC=CCC1COCC1(CBr)CCCCC1. The summed E-state index contributed by atoms with van der Waals surface area (Å²) in [6.07, 6.45) is 14.0. The molecule has 1 nitrogen and oxygen atoms in total. The van der Waals surface area contributed by atoms with Crippen molar-refractivity contribution in [3.63, 3.8) is 0 Å². The molecule has 18 heavy (non-hydrogen) atoms. The first kappa shape index (κ1) is 14.6. The van der Waals surface area contributed by atoms with E-state index in [9.17, 15) is 0 Å². The highest BCUT2D eigenvalue weighted by Gasteiger charge is 2.31. The van der Waals surface area contributed by atoms with Gasteiger partial charge in [0, 0.05) is 17.4 Å². The molecule has 1 saturated carbocycles. The minimum absolute atomic E-state index is 0.437. The van der Waals surface area contributed by atoms with E-state index in [0.29, 0.717) is 5.41 Å². The molecule has 0 aromatic carbocycles. The van der Waals surface area contributed by atoms with E-state index >= 15 is 0 Å². The van der Waals surface area contributed by atoms with Crippen LogP contribution in [0.1, 0.15) is 51.9 Å². The topological polar surface area (TPSA) is 9.23 Å². The minimum Gasteiger partial charge on any atom is -0.381 e. The van der Waals surface area contributed by atoms with E-state index in [0.717, 1.165) is 30.4 Å². The Morgan fingerprint density at radius 1 is 1.17 bits per heavy atom. The van der Waals surface area contributed by atoms with Gasteiger partial charge in [-0.25, -0.2) is 0 Å². The van der Waals surface area contributed by atoms with Gasteiger partial charge in [-0.2, -0.15) is 0 Å². The van der Waals surface area contributed by atoms with Crippen molar-refractivity contribution in [2.75, 3.05) is 18.5 Å². The molecule has 0 aliphatic heterocycles. The Hall–Kier alpha value is 0.180. The third-order valence-electron chi connectivity index (χ3n) is 4.86. The monoisotopic (exact) mass is 314 g/mol. The van der Waals surface area contributed by atoms with Gasteiger partial charge in [0.2, 0.25) is 0 Å². The fourth-order valence-corrected chi connectivity index (χ4v) is 4.01. The van der Waals surface area contributed by atoms with Crippen molar-refractivity contribution in [2.45, 2.75) is 51.9 Å². The van der Waals surface area contributed by atoms with Gasteiger partial charge in [0.05, 0.1) is 6.61 Å². The summed E-state index contributed by atoms with van der Waals surface area (Å²) in [6, 6.07) is 0. The molecule has 2 heteroatoms. The summed E-state index contributed by atoms with van der Waals surface area (Å²) in [5, 5.41) is 1.11. The molecule has 0 aromatic rings. The van der Waals surface area contributed by atoms with Gasteiger partial charge in [0.1, 0.15) is 0 Å². The Morgan fingerprint density at radius 2 is 1.89 bits per heavy atom. The van der Waals surface area contributed by atoms with Gasteiger partial charge in [-0.05, 0) is 37.5 Å². The molecule has 2 aliphatic rings. The maximum absolute atomic E-state index is 6.11. The highest BCUT2D eigenvalue weighted by Crippen LogP contribution is 2.38. The van der Waals surface area contributed by atoms with Crippen LogP contribution >= 0.6 is 15.9 Å². The zero-order valence-electron chi connectivity index (χ0n) is 11.7. The van der Waals surface area contributed by atoms with Crippen LogP contribution in [0, 0.1) is 17.3 Å². The van der Waals surface area contributed by atoms with Crippen molar-refractivity contribution in [3.05, 3.63) is 12.2 Å². The van der Waals surface area contributed by atoms with Crippen LogP contribution in [0.25, 0.3) is 0 Å². The Labute approximate surface area is 120 Å². The van der Waals surface area contributed by atoms with Gasteiger partial charge in [-0.3, -0.25) is 0 Å². The first-order valence-electron chi connectivity index (χ1n) is 7.54. The van der Waals surface area contributed by atoms with Gasteiger partial charge in [0.25, 0.3) is 0 Å². The Kier molecular flexibility index (Phi) is 5.75. The normalized spacial score (nSPS) is 31.4. The number of alkyl halides is 1. The molecule has 2 unspecified atom stereocenters. The standard InChI is InChI=1S/C16H27BrO/c1-14-7-3-4-8-15(14)11-18-13-16(12-17)9-5-2-6-10-16/h3-4,14-15H,2,5-13H2,1H3. The number of halogens is 1. The van der Waals surface area contributed by atoms with Crippen molar-refractivity contribution in [3.8, 4) is 0 Å². The fraction of sp³-hybridized carbons (Fsp3) is 0.875. The van der Waals surface area contributed by atoms with E-state index in [1.807, 2.05) is 0 Å². The molecule has 0 spiro atoms. The van der Waals surface area contributed by atoms with Gasteiger partial charge in [-0.15, -0.1) is 0 Å². The van der Waals surface area contributed by atoms with E-state index in [-0.39, 0.29) is 0 Å². The molecule has 0 aromatic heterocycles. The summed E-state index contributed by atoms with van der Waals surface area (Å²) in [4.78, 5) is 0. The lowest BCUT2D eigenvalue weighted by molar-refractivity contribution is 0.00841. The summed E-state index contributed by atoms with van der Waals surface area (Å²) >= 11 is 3.72. The quantitative estimate of drug-likeness (QED) is 0.515. The zero-order valence-corrected chi connectivity index (χ0v) is 13.3. The summed E-state index contributed by atoms with van der Waals surface area (Å²) in [5.41, 5.74) is 0.437. The van der Waals surface area contributed by atoms with Crippen LogP contribution in [0.5, 0.6) is 0 Å². The average Bonchev–Trinajstić information content (AvgIpc) is 2.42. The van der Waals surface area contributed by atoms with Gasteiger partial charge in [0.15, 0.2) is 0 Å². The van der Waals surface area contributed by atoms with Gasteiger partial charge >= 0.3 is 0 Å². The number of hydrogen-bond acceptors (Lipinski definition) is 1. The second-order valence-corrected chi connectivity index (χ2v) is 6.95. The van der Waals surface area contributed by atoms with Crippen molar-refractivity contribution < 1.29 is 4.74 Å². The third kappa shape index (κ3) is 3.84. The van der Waals surface area contributed by atoms with E-state index in [1.54, 1.807) is 0 Å². The molecule has 2 atom stereocenters. The van der Waals surface area contributed by atoms with Crippen LogP contribution in [0.4, 0.5) is 0 Å². The van der Waals surface area contributed by atoms with Crippen molar-refractivity contribution in [1.29, 1.82) is 0 Å². The summed E-state index contributed by atoms with van der Waals surface area (Å²) in [6.45, 7) is 4.28. The smallest absolute Gasteiger partial charge is 0.0530 e. The summed E-state index contributed by atoms with van der Waals surface area (Å²) in [7, 11) is 0. The molecule has 0 bridgehead atoms. The van der Waals surface area contributed by atoms with Crippen LogP contribution in [-0.2, 0) is 4.74 Å². The molecule has 0 radical (unpaired) electrons. The fourth-order valence-electron chi connectivity index (χ4n) is 3.28. The molecule has 0 N–H and O–H groups in total. The average molecular weight is 315 g/mol. The molecule has 104 valence electrons. The lowest BCUT2D eigenvalue weighted by Gasteiger charge is -2.36. The number of ether oxygens (including phenoxy) is 1. The van der Waals surface area contributed by atoms with Gasteiger partial charge < -0.3 is 4.74 Å². The van der Waals surface area contributed by atoms with Crippen LogP contribution in [0.2, 0.25) is 0 Å². The Balaban J connectivity index is 1.74. The molecule has 2 aliphatic carbocycles. The summed E-state index contributed by atoms with van der Waals surface area (Å²) in [5.74, 6) is 1.53. The predicted molar refractivity (Wildman–Crippen MR) is 81.2 cm³/mol. The highest BCUT2D eigenvalue weighted by atomic mass is 79.9. The second kappa shape index (κ2) is 7.09. The van der Waals surface area contributed by atoms with E-state index < -0.39 is 0 Å². The van der Waals surface area contributed by atoms with Crippen LogP contribution in [-0.4, -0.2) is 18.5 Å². The first-order valence-corrected chi connectivity index (χ1v) is 8.67. The van der Waals surface area contributed by atoms with Crippen molar-refractivity contribution in [1.82, 2.24) is 0 Å². The maximum Gasteiger partial charge on any atom is 0.0530 e. The Morgan fingerprint density at radius 3 is 2.56 bits per heavy atom. The van der Waals surface area contributed by atoms with E-state index in [2.05, 4.69) is 35.0 Å². The van der Waals surface area contributed by atoms with Crippen LogP contribution in [0.3, 0.4) is 0 Å². The molecular weight excluding hydrogens is 288 g/mol. The molecule has 0 amide bonds. The number of rotatable bonds is 5. The molecule has 2 rings (SSSR count). The van der Waals surface area contributed by atoms with Crippen molar-refractivity contribution >= 4 is 15.9 Å². The zero-order chi connectivity index (χ0) is 12.8. The second-order valence-electron chi connectivity index (χ2n) is 6.39. The number of allylic oxidation sites excluding steroid dienone is 2. The molecule has 0 heterocycles. The first-order chi connectivity index (χ1) is 8.76. The third-order valence-corrected chi connectivity index (χ3v) is 6.05. The van der Waals surface area contributed by atoms with Crippen molar-refractivity contribution in [2.24, 2.45) is 17.3 Å². The molecule has 0 saturated heterocycles. The lowest BCUT2D eigenvalue weighted by atomic mass is 9.76. The van der Waals surface area contributed by atoms with E-state index in [4.69, 9.17) is 4.74 Å². The number of hydrogen-bond donors (Lipinski definition) is 0. The maximum atomic E-state index is 6.11. The van der Waals surface area contributed by atoms with Crippen LogP contribution < -0.4 is 0 Å². The van der Waals surface area contributed by atoms with Crippen LogP contribution in [0.15, 0.2) is 12.2 Å². The predicted octanol–water partition coefficient (Wildman–Crippen LogP) is 4.95. The van der Waals surface area contributed by atoms with E-state index in [1.165, 1.54) is 44.9 Å². The highest BCUT2D eigenvalue weighted by molar-refractivity contribution is 9.09. The molecule has 1 fully saturated rings. The minimum atomic E-state index is 0.437. The Bertz CT molecular complexity index is 268. The van der Waals surface area contributed by atoms with Gasteiger partial charge in [-0.1, -0.05) is 54.3 Å². The largest absolute Gasteiger partial charge is 0.381 e. The summed E-state index contributed by atoms with van der Waals surface area (Å²) < 4.78 is 6.11. The molecular formula is C16H27BrO.